The highest BCUT2D eigenvalue weighted by atomic mass is 32.9. The van der Waals surface area contributed by atoms with E-state index in [9.17, 15) is 9.59 Å². The van der Waals surface area contributed by atoms with Gasteiger partial charge in [-0.3, -0.25) is 0 Å². The smallest absolute Gasteiger partial charge is 0.348 e. The van der Waals surface area contributed by atoms with Crippen molar-refractivity contribution in [2.45, 2.75) is 13.8 Å². The van der Waals surface area contributed by atoms with Crippen LogP contribution in [0.25, 0.3) is 21.1 Å². The summed E-state index contributed by atoms with van der Waals surface area (Å²) in [4.78, 5) is 28.1. The SMILES string of the molecule is CCOC(=O)c1ccc(-c2nc(-c3ccc(C(=O)OCC)cc3)[s+]s2)cc1. The van der Waals surface area contributed by atoms with Gasteiger partial charge in [0.2, 0.25) is 0 Å². The van der Waals surface area contributed by atoms with E-state index in [1.54, 1.807) is 58.8 Å². The molecule has 1 heterocycles. The van der Waals surface area contributed by atoms with Gasteiger partial charge >= 0.3 is 27.3 Å². The highest BCUT2D eigenvalue weighted by molar-refractivity contribution is 7.71. The molecular formula is C20H18NO4S2+. The Morgan fingerprint density at radius 3 is 1.81 bits per heavy atom. The molecule has 0 aliphatic heterocycles. The molecule has 7 heteroatoms. The third-order valence-electron chi connectivity index (χ3n) is 3.69. The number of aromatic nitrogens is 1. The first kappa shape index (κ1) is 19.1. The minimum absolute atomic E-state index is 0.326. The van der Waals surface area contributed by atoms with Crippen molar-refractivity contribution in [3.8, 4) is 21.1 Å². The van der Waals surface area contributed by atoms with Gasteiger partial charge in [-0.1, -0.05) is 12.1 Å². The lowest BCUT2D eigenvalue weighted by Gasteiger charge is -2.01. The van der Waals surface area contributed by atoms with E-state index >= 15 is 0 Å². The maximum atomic E-state index is 11.7. The Balaban J connectivity index is 1.76. The largest absolute Gasteiger partial charge is 0.462 e. The number of ether oxygens (including phenoxy) is 2. The molecular weight excluding hydrogens is 382 g/mol. The Labute approximate surface area is 164 Å². The van der Waals surface area contributed by atoms with Crippen molar-refractivity contribution in [1.82, 2.24) is 4.98 Å². The van der Waals surface area contributed by atoms with E-state index in [-0.39, 0.29) is 11.9 Å². The average molecular weight is 401 g/mol. The quantitative estimate of drug-likeness (QED) is 0.324. The summed E-state index contributed by atoms with van der Waals surface area (Å²) >= 11 is 0. The molecule has 138 valence electrons. The van der Waals surface area contributed by atoms with Gasteiger partial charge in [0.05, 0.1) is 29.9 Å². The van der Waals surface area contributed by atoms with Crippen molar-refractivity contribution in [2.24, 2.45) is 0 Å². The fourth-order valence-corrected chi connectivity index (χ4v) is 4.57. The molecule has 27 heavy (non-hydrogen) atoms. The molecule has 0 saturated heterocycles. The molecule has 0 radical (unpaired) electrons. The second kappa shape index (κ2) is 8.83. The van der Waals surface area contributed by atoms with Crippen molar-refractivity contribution < 1.29 is 19.1 Å². The molecule has 0 fully saturated rings. The van der Waals surface area contributed by atoms with Crippen molar-refractivity contribution in [3.05, 3.63) is 59.7 Å². The topological polar surface area (TPSA) is 65.5 Å². The van der Waals surface area contributed by atoms with Gasteiger partial charge in [-0.15, -0.1) is 0 Å². The summed E-state index contributed by atoms with van der Waals surface area (Å²) in [7, 11) is 3.13. The third kappa shape index (κ3) is 4.56. The molecule has 0 unspecified atom stereocenters. The van der Waals surface area contributed by atoms with Crippen LogP contribution >= 0.6 is 20.7 Å². The number of carbonyl (C=O) groups excluding carboxylic acids is 2. The van der Waals surface area contributed by atoms with Gasteiger partial charge in [-0.05, 0) is 50.2 Å². The van der Waals surface area contributed by atoms with Crippen molar-refractivity contribution in [1.29, 1.82) is 0 Å². The van der Waals surface area contributed by atoms with Crippen LogP contribution in [-0.4, -0.2) is 30.1 Å². The van der Waals surface area contributed by atoms with Crippen molar-refractivity contribution in [3.63, 3.8) is 0 Å². The number of rotatable bonds is 6. The number of nitrogens with zero attached hydrogens (tertiary/aromatic N) is 1. The molecule has 3 aromatic rings. The summed E-state index contributed by atoms with van der Waals surface area (Å²) in [5.41, 5.74) is 2.93. The minimum Gasteiger partial charge on any atom is -0.462 e. The summed E-state index contributed by atoms with van der Waals surface area (Å²) in [6.07, 6.45) is 0. The first-order valence-electron chi connectivity index (χ1n) is 8.47. The van der Waals surface area contributed by atoms with E-state index in [0.29, 0.717) is 24.3 Å². The van der Waals surface area contributed by atoms with Gasteiger partial charge in [0.1, 0.15) is 0 Å². The lowest BCUT2D eigenvalue weighted by molar-refractivity contribution is 0.0517. The zero-order chi connectivity index (χ0) is 19.2. The highest BCUT2D eigenvalue weighted by Crippen LogP contribution is 2.34. The average Bonchev–Trinajstić information content (AvgIpc) is 3.19. The van der Waals surface area contributed by atoms with Gasteiger partial charge in [0.25, 0.3) is 0 Å². The van der Waals surface area contributed by atoms with Crippen LogP contribution in [0.15, 0.2) is 48.5 Å². The first-order valence-corrected chi connectivity index (χ1v) is 10.6. The van der Waals surface area contributed by atoms with E-state index < -0.39 is 0 Å². The normalized spacial score (nSPS) is 10.4. The van der Waals surface area contributed by atoms with Gasteiger partial charge < -0.3 is 9.47 Å². The standard InChI is InChI=1S/C20H18NO4S2/c1-3-24-19(22)15-9-5-13(6-10-15)17-21-18(27-26-17)14-7-11-16(12-8-14)20(23)25-4-2/h5-12H,3-4H2,1-2H3/q+1. The number of esters is 2. The van der Waals surface area contributed by atoms with Crippen LogP contribution < -0.4 is 0 Å². The predicted molar refractivity (Wildman–Crippen MR) is 107 cm³/mol. The zero-order valence-electron chi connectivity index (χ0n) is 14.9. The van der Waals surface area contributed by atoms with Gasteiger partial charge in [-0.2, -0.15) is 4.98 Å². The monoisotopic (exact) mass is 400 g/mol. The summed E-state index contributed by atoms with van der Waals surface area (Å²) < 4.78 is 9.99. The predicted octanol–water partition coefficient (Wildman–Crippen LogP) is 5.17. The lowest BCUT2D eigenvalue weighted by atomic mass is 10.1. The zero-order valence-corrected chi connectivity index (χ0v) is 16.6. The molecule has 0 amide bonds. The molecule has 3 rings (SSSR count). The van der Waals surface area contributed by atoms with Gasteiger partial charge in [0.15, 0.2) is 15.3 Å². The Kier molecular flexibility index (Phi) is 6.26. The molecule has 0 aliphatic carbocycles. The molecule has 0 bridgehead atoms. The molecule has 0 saturated carbocycles. The molecule has 2 aromatic carbocycles. The first-order chi connectivity index (χ1) is 13.1. The molecule has 0 atom stereocenters. The molecule has 5 nitrogen and oxygen atoms in total. The maximum absolute atomic E-state index is 11.7. The van der Waals surface area contributed by atoms with Crippen LogP contribution in [-0.2, 0) is 9.47 Å². The minimum atomic E-state index is -0.326. The third-order valence-corrected chi connectivity index (χ3v) is 5.94. The molecule has 1 aromatic heterocycles. The van der Waals surface area contributed by atoms with E-state index in [2.05, 4.69) is 4.98 Å². The van der Waals surface area contributed by atoms with E-state index in [1.807, 2.05) is 24.3 Å². The summed E-state index contributed by atoms with van der Waals surface area (Å²) in [5, 5.41) is 1.75. The van der Waals surface area contributed by atoms with Crippen molar-refractivity contribution in [2.75, 3.05) is 13.2 Å². The molecule has 0 aliphatic rings. The van der Waals surface area contributed by atoms with Crippen LogP contribution in [0.3, 0.4) is 0 Å². The van der Waals surface area contributed by atoms with E-state index in [1.165, 1.54) is 0 Å². The summed E-state index contributed by atoms with van der Waals surface area (Å²) in [6, 6.07) is 14.4. The molecule has 0 N–H and O–H groups in total. The number of hydrogen-bond acceptors (Lipinski definition) is 6. The van der Waals surface area contributed by atoms with Crippen molar-refractivity contribution >= 4 is 32.6 Å². The van der Waals surface area contributed by atoms with Crippen LogP contribution in [0.2, 0.25) is 0 Å². The Morgan fingerprint density at radius 2 is 1.33 bits per heavy atom. The van der Waals surface area contributed by atoms with Crippen LogP contribution in [0.4, 0.5) is 0 Å². The van der Waals surface area contributed by atoms with Gasteiger partial charge in [0, 0.05) is 5.56 Å². The maximum Gasteiger partial charge on any atom is 0.348 e. The summed E-state index contributed by atoms with van der Waals surface area (Å²) in [6.45, 7) is 4.27. The lowest BCUT2D eigenvalue weighted by Crippen LogP contribution is -2.04. The second-order valence-corrected chi connectivity index (χ2v) is 7.59. The Hall–Kier alpha value is -2.64. The molecule has 0 spiro atoms. The number of hydrogen-bond donors (Lipinski definition) is 0. The van der Waals surface area contributed by atoms with Gasteiger partial charge in [-0.25, -0.2) is 9.59 Å². The highest BCUT2D eigenvalue weighted by Gasteiger charge is 2.20. The summed E-state index contributed by atoms with van der Waals surface area (Å²) in [5.74, 6) is -0.651. The Bertz CT molecular complexity index is 857. The van der Waals surface area contributed by atoms with E-state index in [0.717, 1.165) is 21.1 Å². The Morgan fingerprint density at radius 1 is 0.852 bits per heavy atom. The fourth-order valence-electron chi connectivity index (χ4n) is 2.36. The number of benzene rings is 2. The van der Waals surface area contributed by atoms with E-state index in [4.69, 9.17) is 9.47 Å². The van der Waals surface area contributed by atoms with Crippen LogP contribution in [0, 0.1) is 0 Å². The second-order valence-electron chi connectivity index (χ2n) is 5.48. The van der Waals surface area contributed by atoms with Crippen LogP contribution in [0.5, 0.6) is 0 Å². The fraction of sp³-hybridized carbons (Fsp3) is 0.200. The van der Waals surface area contributed by atoms with Crippen LogP contribution in [0.1, 0.15) is 34.6 Å². The number of carbonyl (C=O) groups is 2.